The highest BCUT2D eigenvalue weighted by Crippen LogP contribution is 2.39. The van der Waals surface area contributed by atoms with Gasteiger partial charge in [0.1, 0.15) is 11.7 Å². The largest absolute Gasteiger partial charge is 0.464 e. The fourth-order valence-electron chi connectivity index (χ4n) is 4.30. The van der Waals surface area contributed by atoms with Crippen molar-refractivity contribution in [2.24, 2.45) is 0 Å². The Morgan fingerprint density at radius 1 is 0.923 bits per heavy atom. The maximum atomic E-state index is 14.0. The highest BCUT2D eigenvalue weighted by atomic mass is 16.6. The number of carbonyl (C=O) groups excluding carboxylic acids is 2. The van der Waals surface area contributed by atoms with Crippen LogP contribution < -0.4 is 0 Å². The molecule has 0 saturated heterocycles. The summed E-state index contributed by atoms with van der Waals surface area (Å²) in [6.45, 7) is 6.69. The molecule has 2 atom stereocenters. The Morgan fingerprint density at radius 2 is 1.46 bits per heavy atom. The number of hydrogen-bond acceptors (Lipinski definition) is 7. The highest BCUT2D eigenvalue weighted by Gasteiger charge is 2.55. The first-order valence-electron chi connectivity index (χ1n) is 12.7. The van der Waals surface area contributed by atoms with Crippen molar-refractivity contribution in [2.45, 2.75) is 57.9 Å². The van der Waals surface area contributed by atoms with E-state index in [0.717, 1.165) is 0 Å². The molecule has 0 aromatic heterocycles. The molecule has 0 fully saturated rings. The maximum Gasteiger partial charge on any atom is 0.411 e. The van der Waals surface area contributed by atoms with Crippen LogP contribution in [-0.4, -0.2) is 44.7 Å². The Kier molecular flexibility index (Phi) is 9.42. The molecule has 0 aliphatic carbocycles. The smallest absolute Gasteiger partial charge is 0.411 e. The van der Waals surface area contributed by atoms with E-state index in [4.69, 9.17) is 9.47 Å². The third kappa shape index (κ3) is 7.20. The minimum absolute atomic E-state index is 0.00412. The molecular weight excluding hydrogens is 500 g/mol. The first kappa shape index (κ1) is 29.3. The van der Waals surface area contributed by atoms with Gasteiger partial charge in [0.15, 0.2) is 5.54 Å². The standard InChI is InChI=1S/C30H34N2O7/c1-5-38-27(34)30(20-22-12-8-6-9-13-22,26(33)24-16-18-25(19-17-24)32(36)37)31(28(35)39-29(2,3)4)21-23-14-10-7-11-15-23/h6-19,26,33H,5,20-21H2,1-4H3/t26-,30+/m1/s1. The van der Waals surface area contributed by atoms with Crippen LogP contribution in [0.1, 0.15) is 50.5 Å². The van der Waals surface area contributed by atoms with Gasteiger partial charge in [-0.2, -0.15) is 0 Å². The van der Waals surface area contributed by atoms with E-state index < -0.39 is 34.2 Å². The Hall–Kier alpha value is -4.24. The number of non-ortho nitro benzene ring substituents is 1. The summed E-state index contributed by atoms with van der Waals surface area (Å²) in [5, 5.41) is 23.2. The van der Waals surface area contributed by atoms with E-state index in [9.17, 15) is 24.8 Å². The number of nitro groups is 1. The number of aliphatic hydroxyl groups excluding tert-OH is 1. The molecule has 1 amide bonds. The van der Waals surface area contributed by atoms with Crippen LogP contribution in [0.2, 0.25) is 0 Å². The summed E-state index contributed by atoms with van der Waals surface area (Å²) < 4.78 is 11.3. The molecule has 0 aliphatic rings. The number of ether oxygens (including phenoxy) is 2. The number of esters is 1. The average molecular weight is 535 g/mol. The lowest BCUT2D eigenvalue weighted by Crippen LogP contribution is -2.63. The van der Waals surface area contributed by atoms with Gasteiger partial charge < -0.3 is 14.6 Å². The molecule has 1 N–H and O–H groups in total. The number of aliphatic hydroxyl groups is 1. The van der Waals surface area contributed by atoms with Crippen molar-refractivity contribution in [1.82, 2.24) is 4.90 Å². The summed E-state index contributed by atoms with van der Waals surface area (Å²) in [6, 6.07) is 23.2. The van der Waals surface area contributed by atoms with Crippen molar-refractivity contribution in [1.29, 1.82) is 0 Å². The van der Waals surface area contributed by atoms with Crippen LogP contribution in [0.25, 0.3) is 0 Å². The van der Waals surface area contributed by atoms with Crippen LogP contribution in [0.3, 0.4) is 0 Å². The maximum absolute atomic E-state index is 14.0. The molecule has 0 saturated carbocycles. The lowest BCUT2D eigenvalue weighted by Gasteiger charge is -2.45. The van der Waals surface area contributed by atoms with Crippen molar-refractivity contribution in [2.75, 3.05) is 6.61 Å². The molecular formula is C30H34N2O7. The fourth-order valence-corrected chi connectivity index (χ4v) is 4.30. The quantitative estimate of drug-likeness (QED) is 0.204. The van der Waals surface area contributed by atoms with Crippen molar-refractivity contribution in [3.63, 3.8) is 0 Å². The summed E-state index contributed by atoms with van der Waals surface area (Å²) in [6.07, 6.45) is -2.57. The second-order valence-electron chi connectivity index (χ2n) is 10.1. The van der Waals surface area contributed by atoms with Gasteiger partial charge in [0.25, 0.3) is 5.69 Å². The summed E-state index contributed by atoms with van der Waals surface area (Å²) in [4.78, 5) is 39.8. The molecule has 3 aromatic rings. The molecule has 39 heavy (non-hydrogen) atoms. The second kappa shape index (κ2) is 12.5. The lowest BCUT2D eigenvalue weighted by molar-refractivity contribution is -0.384. The van der Waals surface area contributed by atoms with Crippen LogP contribution in [0.4, 0.5) is 10.5 Å². The molecule has 9 heteroatoms. The number of rotatable bonds is 10. The van der Waals surface area contributed by atoms with Gasteiger partial charge in [-0.25, -0.2) is 9.59 Å². The molecule has 9 nitrogen and oxygen atoms in total. The van der Waals surface area contributed by atoms with E-state index in [1.165, 1.54) is 29.2 Å². The number of nitrogens with zero attached hydrogens (tertiary/aromatic N) is 2. The lowest BCUT2D eigenvalue weighted by atomic mass is 9.80. The Bertz CT molecular complexity index is 1260. The fraction of sp³-hybridized carbons (Fsp3) is 0.333. The van der Waals surface area contributed by atoms with Gasteiger partial charge in [-0.05, 0) is 56.5 Å². The Labute approximate surface area is 228 Å². The number of amides is 1. The van der Waals surface area contributed by atoms with Crippen molar-refractivity contribution < 1.29 is 29.1 Å². The number of hydrogen-bond donors (Lipinski definition) is 1. The Morgan fingerprint density at radius 3 is 1.95 bits per heavy atom. The van der Waals surface area contributed by atoms with E-state index >= 15 is 0 Å². The van der Waals surface area contributed by atoms with Crippen LogP contribution in [0, 0.1) is 10.1 Å². The van der Waals surface area contributed by atoms with Gasteiger partial charge in [-0.15, -0.1) is 0 Å². The van der Waals surface area contributed by atoms with Gasteiger partial charge in [0, 0.05) is 18.6 Å². The number of nitro benzene ring substituents is 1. The predicted octanol–water partition coefficient (Wildman–Crippen LogP) is 5.61. The van der Waals surface area contributed by atoms with Crippen molar-refractivity contribution in [3.8, 4) is 0 Å². The number of benzene rings is 3. The van der Waals surface area contributed by atoms with Gasteiger partial charge in [-0.1, -0.05) is 60.7 Å². The Balaban J connectivity index is 2.29. The third-order valence-electron chi connectivity index (χ3n) is 6.10. The normalized spacial score (nSPS) is 13.6. The summed E-state index contributed by atoms with van der Waals surface area (Å²) in [5.41, 5.74) is -1.52. The zero-order valence-corrected chi connectivity index (χ0v) is 22.6. The molecule has 0 spiro atoms. The average Bonchev–Trinajstić information content (AvgIpc) is 2.90. The SMILES string of the molecule is CCOC(=O)[C@](Cc1ccccc1)([C@H](O)c1ccc([N+](=O)[O-])cc1)N(Cc1ccccc1)C(=O)OC(C)(C)C. The zero-order chi connectivity index (χ0) is 28.6. The van der Waals surface area contributed by atoms with Gasteiger partial charge in [0.05, 0.1) is 18.1 Å². The predicted molar refractivity (Wildman–Crippen MR) is 146 cm³/mol. The van der Waals surface area contributed by atoms with Crippen LogP contribution in [0.5, 0.6) is 0 Å². The van der Waals surface area contributed by atoms with Gasteiger partial charge in [-0.3, -0.25) is 15.0 Å². The molecule has 0 unspecified atom stereocenters. The molecule has 206 valence electrons. The molecule has 0 aliphatic heterocycles. The van der Waals surface area contributed by atoms with Crippen molar-refractivity contribution >= 4 is 17.7 Å². The first-order chi connectivity index (χ1) is 18.5. The second-order valence-corrected chi connectivity index (χ2v) is 10.1. The van der Waals surface area contributed by atoms with E-state index in [0.29, 0.717) is 11.1 Å². The molecule has 3 aromatic carbocycles. The van der Waals surface area contributed by atoms with Gasteiger partial charge in [0.2, 0.25) is 0 Å². The summed E-state index contributed by atoms with van der Waals surface area (Å²) >= 11 is 0. The molecule has 0 bridgehead atoms. The topological polar surface area (TPSA) is 119 Å². The molecule has 0 heterocycles. The monoisotopic (exact) mass is 534 g/mol. The van der Waals surface area contributed by atoms with E-state index in [2.05, 4.69) is 0 Å². The number of carbonyl (C=O) groups is 2. The van der Waals surface area contributed by atoms with Crippen molar-refractivity contribution in [3.05, 3.63) is 112 Å². The van der Waals surface area contributed by atoms with Crippen LogP contribution in [-0.2, 0) is 27.2 Å². The molecule has 0 radical (unpaired) electrons. The zero-order valence-electron chi connectivity index (χ0n) is 22.6. The van der Waals surface area contributed by atoms with E-state index in [1.807, 2.05) is 12.1 Å². The van der Waals surface area contributed by atoms with Crippen LogP contribution in [0.15, 0.2) is 84.9 Å². The first-order valence-corrected chi connectivity index (χ1v) is 12.7. The highest BCUT2D eigenvalue weighted by molar-refractivity contribution is 5.87. The summed E-state index contributed by atoms with van der Waals surface area (Å²) in [7, 11) is 0. The van der Waals surface area contributed by atoms with Crippen LogP contribution >= 0.6 is 0 Å². The van der Waals surface area contributed by atoms with E-state index in [-0.39, 0.29) is 30.8 Å². The summed E-state index contributed by atoms with van der Waals surface area (Å²) in [5.74, 6) is -0.832. The minimum Gasteiger partial charge on any atom is -0.464 e. The van der Waals surface area contributed by atoms with E-state index in [1.54, 1.807) is 76.2 Å². The minimum atomic E-state index is -1.99. The molecule has 3 rings (SSSR count). The third-order valence-corrected chi connectivity index (χ3v) is 6.10. The van der Waals surface area contributed by atoms with Gasteiger partial charge >= 0.3 is 12.1 Å².